The Kier molecular flexibility index (Phi) is 40.2. The van der Waals surface area contributed by atoms with E-state index in [9.17, 15) is 33.9 Å². The minimum Gasteiger partial charge on any atom is -0.481 e. The maximum atomic E-state index is 12.4. The Morgan fingerprint density at radius 2 is 1.02 bits per heavy atom. The second kappa shape index (κ2) is 42.1. The van der Waals surface area contributed by atoms with Crippen molar-refractivity contribution >= 4 is 60.9 Å². The maximum Gasteiger partial charge on any atom is 0.326 e. The van der Waals surface area contributed by atoms with Crippen molar-refractivity contribution in [1.29, 1.82) is 0 Å². The minimum atomic E-state index is -1.17. The van der Waals surface area contributed by atoms with Crippen LogP contribution in [0.2, 0.25) is 0 Å². The zero-order valence-corrected chi connectivity index (χ0v) is 39.2. The second-order valence-electron chi connectivity index (χ2n) is 14.8. The van der Waals surface area contributed by atoms with Gasteiger partial charge in [-0.15, -0.1) is 20.3 Å². The molecule has 0 aliphatic rings. The van der Waals surface area contributed by atoms with Crippen molar-refractivity contribution < 1.29 is 63.0 Å². The molecular weight excluding hydrogens is 847 g/mol. The average Bonchev–Trinajstić information content (AvgIpc) is 3.23. The Balaban J connectivity index is 3.91. The van der Waals surface area contributed by atoms with Crippen LogP contribution in [0.1, 0.15) is 122 Å². The van der Waals surface area contributed by atoms with E-state index in [4.69, 9.17) is 29.2 Å². The highest BCUT2D eigenvalue weighted by atomic mass is 33.1. The number of unbranched alkanes of at least 4 members (excludes halogenated alkanes) is 12. The summed E-state index contributed by atoms with van der Waals surface area (Å²) in [6.45, 7) is 3.65. The van der Waals surface area contributed by atoms with Crippen LogP contribution >= 0.6 is 20.3 Å². The SMILES string of the molecule is CN[C@@H](CCCCNC(=O)COCCOCCN/C(COCCOCCNC(=O)CC[C@H](NC(=O)CCCCCCCCCCCCCCC(=O)O)C(=O)O)=S(\C)SC)C(=O)O. The van der Waals surface area contributed by atoms with E-state index in [1.165, 1.54) is 19.3 Å². The molecule has 0 aromatic carbocycles. The normalized spacial score (nSPS) is 12.9. The number of nitrogens with one attached hydrogen (secondary N) is 5. The van der Waals surface area contributed by atoms with Gasteiger partial charge in [0.25, 0.3) is 0 Å². The lowest BCUT2D eigenvalue weighted by Crippen LogP contribution is -2.41. The highest BCUT2D eigenvalue weighted by Crippen LogP contribution is 2.24. The van der Waals surface area contributed by atoms with Crippen LogP contribution in [0.5, 0.6) is 0 Å². The number of hydrogen-bond acceptors (Lipinski definition) is 12. The molecule has 1 unspecified atom stereocenters. The van der Waals surface area contributed by atoms with Gasteiger partial charge in [0.2, 0.25) is 17.7 Å². The Bertz CT molecular complexity index is 1270. The lowest BCUT2D eigenvalue weighted by atomic mass is 10.0. The zero-order chi connectivity index (χ0) is 46.1. The van der Waals surface area contributed by atoms with Crippen LogP contribution in [-0.2, 0) is 47.7 Å². The summed E-state index contributed by atoms with van der Waals surface area (Å²) in [6, 6.07) is -1.71. The molecule has 0 aliphatic carbocycles. The topological polar surface area (TPSA) is 260 Å². The summed E-state index contributed by atoms with van der Waals surface area (Å²) in [7, 11) is 3.23. The number of carboxylic acids is 3. The molecule has 20 heteroatoms. The van der Waals surface area contributed by atoms with Crippen molar-refractivity contribution in [3.8, 4) is 0 Å². The van der Waals surface area contributed by atoms with Crippen molar-refractivity contribution in [1.82, 2.24) is 26.6 Å². The van der Waals surface area contributed by atoms with Gasteiger partial charge in [0, 0.05) is 38.9 Å². The lowest BCUT2D eigenvalue weighted by Gasteiger charge is -2.15. The van der Waals surface area contributed by atoms with Crippen molar-refractivity contribution in [3.63, 3.8) is 0 Å². The number of carbonyl (C=O) groups is 6. The van der Waals surface area contributed by atoms with Gasteiger partial charge in [0.15, 0.2) is 0 Å². The first kappa shape index (κ1) is 59.1. The fourth-order valence-corrected chi connectivity index (χ4v) is 7.67. The van der Waals surface area contributed by atoms with E-state index in [0.29, 0.717) is 71.8 Å². The van der Waals surface area contributed by atoms with Crippen LogP contribution in [-0.4, -0.2) is 160 Å². The standard InChI is InChI=1S/C42H79N5O13S2/c1-43-34(41(53)54)18-16-17-23-44-38(50)32-59-30-28-58-27-25-46-39(62(3)61-2)33-60-31-29-57-26-24-45-36(48)22-21-35(42(55)56)47-37(49)19-14-12-10-8-6-4-5-7-9-11-13-15-20-40(51)52/h34-35,43,46H,4-33H2,1-3H3,(H,44,50)(H,45,48)(H,47,49)(H,51,52)(H,53,54)(H,55,56)/t34-,35-,62?/m0/s1. The van der Waals surface area contributed by atoms with E-state index in [1.54, 1.807) is 17.8 Å². The van der Waals surface area contributed by atoms with Crippen LogP contribution < -0.4 is 26.6 Å². The van der Waals surface area contributed by atoms with E-state index < -0.39 is 30.0 Å². The van der Waals surface area contributed by atoms with Gasteiger partial charge in [0.1, 0.15) is 18.7 Å². The van der Waals surface area contributed by atoms with Gasteiger partial charge in [0.05, 0.1) is 51.2 Å². The van der Waals surface area contributed by atoms with Gasteiger partial charge in [-0.1, -0.05) is 64.2 Å². The third kappa shape index (κ3) is 37.7. The van der Waals surface area contributed by atoms with Crippen LogP contribution in [0.15, 0.2) is 0 Å². The Hall–Kier alpha value is -2.85. The van der Waals surface area contributed by atoms with E-state index in [-0.39, 0.29) is 79.3 Å². The molecule has 8 N–H and O–H groups in total. The molecule has 0 aromatic rings. The molecule has 0 rings (SSSR count). The molecule has 0 radical (unpaired) electrons. The molecule has 0 saturated heterocycles. The highest BCUT2D eigenvalue weighted by molar-refractivity contribution is 8.83. The molecule has 0 fully saturated rings. The van der Waals surface area contributed by atoms with Gasteiger partial charge >= 0.3 is 17.9 Å². The summed E-state index contributed by atoms with van der Waals surface area (Å²) in [6.07, 6.45) is 18.8. The molecular formula is C42H79N5O13S2. The third-order valence-electron chi connectivity index (χ3n) is 9.67. The number of carbonyl (C=O) groups excluding carboxylic acids is 3. The summed E-state index contributed by atoms with van der Waals surface area (Å²) >= 11 is 0. The number of carboxylic acid groups (broad SMARTS) is 3. The fourth-order valence-electron chi connectivity index (χ4n) is 5.99. The molecule has 362 valence electrons. The Labute approximate surface area is 375 Å². The lowest BCUT2D eigenvalue weighted by molar-refractivity contribution is -0.142. The largest absolute Gasteiger partial charge is 0.481 e. The first-order valence-electron chi connectivity index (χ1n) is 22.2. The molecule has 62 heavy (non-hydrogen) atoms. The summed E-state index contributed by atoms with van der Waals surface area (Å²) in [5.74, 6) is -3.65. The molecule has 0 heterocycles. The number of ether oxygens (including phenoxy) is 4. The van der Waals surface area contributed by atoms with E-state index >= 15 is 0 Å². The van der Waals surface area contributed by atoms with Crippen LogP contribution in [0.25, 0.3) is 0 Å². The van der Waals surface area contributed by atoms with Crippen LogP contribution in [0.3, 0.4) is 0 Å². The Morgan fingerprint density at radius 1 is 0.516 bits per heavy atom. The Morgan fingerprint density at radius 3 is 1.55 bits per heavy atom. The first-order chi connectivity index (χ1) is 29.9. The molecule has 0 spiro atoms. The minimum absolute atomic E-state index is 0.00724. The smallest absolute Gasteiger partial charge is 0.326 e. The molecule has 3 amide bonds. The molecule has 3 atom stereocenters. The van der Waals surface area contributed by atoms with Gasteiger partial charge in [-0.05, 0) is 58.1 Å². The molecule has 0 saturated carbocycles. The van der Waals surface area contributed by atoms with Gasteiger partial charge in [-0.25, -0.2) is 4.79 Å². The summed E-state index contributed by atoms with van der Waals surface area (Å²) < 4.78 is 22.3. The molecule has 0 bridgehead atoms. The number of amides is 3. The third-order valence-corrected chi connectivity index (χ3v) is 13.2. The fraction of sp³-hybridized carbons (Fsp3) is 0.833. The van der Waals surface area contributed by atoms with Gasteiger partial charge in [-0.3, -0.25) is 29.3 Å². The number of likely N-dealkylation sites (N-methyl/N-ethyl adjacent to an activating group) is 1. The number of hydrogen-bond donors (Lipinski definition) is 8. The summed E-state index contributed by atoms with van der Waals surface area (Å²) in [5.41, 5.74) is 0. The molecule has 18 nitrogen and oxygen atoms in total. The molecule has 0 aromatic heterocycles. The monoisotopic (exact) mass is 926 g/mol. The first-order valence-corrected chi connectivity index (χ1v) is 25.6. The predicted octanol–water partition coefficient (Wildman–Crippen LogP) is 3.92. The summed E-state index contributed by atoms with van der Waals surface area (Å²) in [4.78, 5) is 70.8. The van der Waals surface area contributed by atoms with Crippen LogP contribution in [0.4, 0.5) is 0 Å². The van der Waals surface area contributed by atoms with Crippen LogP contribution in [0, 0.1) is 0 Å². The average molecular weight is 926 g/mol. The van der Waals surface area contributed by atoms with Crippen molar-refractivity contribution in [2.45, 2.75) is 134 Å². The van der Waals surface area contributed by atoms with E-state index in [1.807, 2.05) is 6.26 Å². The van der Waals surface area contributed by atoms with Crippen molar-refractivity contribution in [2.75, 3.05) is 92.0 Å². The molecule has 0 aliphatic heterocycles. The quantitative estimate of drug-likeness (QED) is 0.0245. The van der Waals surface area contributed by atoms with Crippen molar-refractivity contribution in [2.24, 2.45) is 0 Å². The zero-order valence-electron chi connectivity index (χ0n) is 37.6. The van der Waals surface area contributed by atoms with Gasteiger partial charge in [-0.2, -0.15) is 0 Å². The summed E-state index contributed by atoms with van der Waals surface area (Å²) in [5, 5.41) is 41.4. The maximum absolute atomic E-state index is 12.4. The predicted molar refractivity (Wildman–Crippen MR) is 245 cm³/mol. The van der Waals surface area contributed by atoms with Crippen molar-refractivity contribution in [3.05, 3.63) is 0 Å². The van der Waals surface area contributed by atoms with E-state index in [2.05, 4.69) is 32.8 Å². The van der Waals surface area contributed by atoms with Gasteiger partial charge < -0.3 is 55.5 Å². The highest BCUT2D eigenvalue weighted by Gasteiger charge is 2.21. The second-order valence-corrected chi connectivity index (χ2v) is 19.0. The number of rotatable bonds is 44. The van der Waals surface area contributed by atoms with E-state index in [0.717, 1.165) is 56.4 Å². The number of aliphatic carboxylic acids is 3.